The molecule has 2 N–H and O–H groups in total. The maximum Gasteiger partial charge on any atom is 0.0731 e. The van der Waals surface area contributed by atoms with Crippen LogP contribution in [0.4, 0.5) is 0 Å². The largest absolute Gasteiger partial charge is 0.375 e. The molecule has 0 saturated carbocycles. The lowest BCUT2D eigenvalue weighted by molar-refractivity contribution is 0.0704. The molecule has 0 amide bonds. The minimum Gasteiger partial charge on any atom is -0.375 e. The summed E-state index contributed by atoms with van der Waals surface area (Å²) in [6.45, 7) is 5.52. The van der Waals surface area contributed by atoms with Gasteiger partial charge < -0.3 is 10.5 Å². The molecule has 0 aliphatic carbocycles. The summed E-state index contributed by atoms with van der Waals surface area (Å²) in [5.41, 5.74) is 7.32. The van der Waals surface area contributed by atoms with Crippen molar-refractivity contribution in [2.24, 2.45) is 5.73 Å². The lowest BCUT2D eigenvalue weighted by Gasteiger charge is -2.26. The Morgan fingerprint density at radius 2 is 1.94 bits per heavy atom. The molecule has 98 valence electrons. The molecule has 0 fully saturated rings. The van der Waals surface area contributed by atoms with Gasteiger partial charge in [0, 0.05) is 10.2 Å². The van der Waals surface area contributed by atoms with Crippen molar-refractivity contribution in [1.82, 2.24) is 0 Å². The van der Waals surface area contributed by atoms with E-state index in [-0.39, 0.29) is 5.54 Å². The number of benzene rings is 1. The molecule has 0 unspecified atom stereocenters. The van der Waals surface area contributed by atoms with Gasteiger partial charge in [-0.05, 0) is 35.2 Å². The van der Waals surface area contributed by atoms with Crippen molar-refractivity contribution in [3.8, 4) is 0 Å². The summed E-state index contributed by atoms with van der Waals surface area (Å²) in [6, 6.07) is 8.45. The van der Waals surface area contributed by atoms with Crippen LogP contribution < -0.4 is 5.73 Å². The molecular weight excluding hydrogens is 242 g/mol. The van der Waals surface area contributed by atoms with Gasteiger partial charge in [-0.15, -0.1) is 11.3 Å². The van der Waals surface area contributed by atoms with Crippen molar-refractivity contribution in [2.75, 3.05) is 6.61 Å². The number of hydrogen-bond acceptors (Lipinski definition) is 3. The molecule has 1 aromatic heterocycles. The van der Waals surface area contributed by atoms with E-state index in [4.69, 9.17) is 10.5 Å². The van der Waals surface area contributed by atoms with Gasteiger partial charge >= 0.3 is 0 Å². The number of hydrogen-bond donors (Lipinski definition) is 1. The van der Waals surface area contributed by atoms with Crippen LogP contribution in [0.25, 0.3) is 10.1 Å². The van der Waals surface area contributed by atoms with Gasteiger partial charge in [0.2, 0.25) is 0 Å². The summed E-state index contributed by atoms with van der Waals surface area (Å²) in [6.07, 6.45) is 1.90. The molecule has 2 rings (SSSR count). The maximum absolute atomic E-state index is 6.23. The summed E-state index contributed by atoms with van der Waals surface area (Å²) in [7, 11) is 0. The summed E-state index contributed by atoms with van der Waals surface area (Å²) in [5, 5.41) is 3.49. The molecular formula is C15H21NOS. The first-order valence-electron chi connectivity index (χ1n) is 6.50. The number of ether oxygens (including phenoxy) is 1. The van der Waals surface area contributed by atoms with Gasteiger partial charge in [0.1, 0.15) is 0 Å². The Morgan fingerprint density at radius 3 is 2.67 bits per heavy atom. The third kappa shape index (κ3) is 2.91. The van der Waals surface area contributed by atoms with Crippen molar-refractivity contribution < 1.29 is 4.74 Å². The van der Waals surface area contributed by atoms with Crippen LogP contribution in [-0.2, 0) is 11.3 Å². The van der Waals surface area contributed by atoms with Gasteiger partial charge in [0.05, 0.1) is 13.2 Å². The van der Waals surface area contributed by atoms with E-state index in [1.807, 2.05) is 0 Å². The van der Waals surface area contributed by atoms with Gasteiger partial charge in [-0.25, -0.2) is 0 Å². The molecule has 2 aromatic rings. The molecule has 0 radical (unpaired) electrons. The second-order valence-corrected chi connectivity index (χ2v) is 5.73. The summed E-state index contributed by atoms with van der Waals surface area (Å²) in [5.74, 6) is 0. The number of thiophene rings is 1. The highest BCUT2D eigenvalue weighted by atomic mass is 32.1. The zero-order valence-electron chi connectivity index (χ0n) is 11.1. The molecule has 18 heavy (non-hydrogen) atoms. The maximum atomic E-state index is 6.23. The van der Waals surface area contributed by atoms with E-state index in [9.17, 15) is 0 Å². The Kier molecular flexibility index (Phi) is 4.38. The minimum atomic E-state index is -0.175. The van der Waals surface area contributed by atoms with Crippen molar-refractivity contribution in [3.63, 3.8) is 0 Å². The SMILES string of the molecule is CCC(N)(CC)COCc1csc2ccccc12. The van der Waals surface area contributed by atoms with E-state index >= 15 is 0 Å². The van der Waals surface area contributed by atoms with Crippen LogP contribution in [0, 0.1) is 0 Å². The van der Waals surface area contributed by atoms with Crippen LogP contribution in [0.5, 0.6) is 0 Å². The molecule has 0 bridgehead atoms. The van der Waals surface area contributed by atoms with Crippen LogP contribution in [0.1, 0.15) is 32.3 Å². The number of rotatable bonds is 6. The van der Waals surface area contributed by atoms with Crippen molar-refractivity contribution in [2.45, 2.75) is 38.8 Å². The Balaban J connectivity index is 1.98. The molecule has 0 saturated heterocycles. The molecule has 2 nitrogen and oxygen atoms in total. The minimum absolute atomic E-state index is 0.175. The monoisotopic (exact) mass is 263 g/mol. The highest BCUT2D eigenvalue weighted by molar-refractivity contribution is 7.17. The standard InChI is InChI=1S/C15H21NOS/c1-3-15(16,4-2)11-17-9-12-10-18-14-8-6-5-7-13(12)14/h5-8,10H,3-4,9,11,16H2,1-2H3. The van der Waals surface area contributed by atoms with Gasteiger partial charge in [0.15, 0.2) is 0 Å². The average Bonchev–Trinajstić information content (AvgIpc) is 2.82. The summed E-state index contributed by atoms with van der Waals surface area (Å²) in [4.78, 5) is 0. The molecule has 3 heteroatoms. The zero-order valence-corrected chi connectivity index (χ0v) is 11.9. The normalized spacial score (nSPS) is 12.2. The summed E-state index contributed by atoms with van der Waals surface area (Å²) < 4.78 is 7.14. The highest BCUT2D eigenvalue weighted by Crippen LogP contribution is 2.26. The molecule has 0 atom stereocenters. The predicted molar refractivity (Wildman–Crippen MR) is 79.0 cm³/mol. The van der Waals surface area contributed by atoms with E-state index in [0.717, 1.165) is 12.8 Å². The fraction of sp³-hybridized carbons (Fsp3) is 0.467. The Morgan fingerprint density at radius 1 is 1.22 bits per heavy atom. The fourth-order valence-corrected chi connectivity index (χ4v) is 2.91. The lowest BCUT2D eigenvalue weighted by atomic mass is 9.96. The number of nitrogens with two attached hydrogens (primary N) is 1. The van der Waals surface area contributed by atoms with E-state index in [2.05, 4.69) is 43.5 Å². The summed E-state index contributed by atoms with van der Waals surface area (Å²) >= 11 is 1.77. The zero-order chi connectivity index (χ0) is 13.0. The third-order valence-electron chi connectivity index (χ3n) is 3.62. The van der Waals surface area contributed by atoms with Crippen LogP contribution in [0.15, 0.2) is 29.6 Å². The molecule has 1 heterocycles. The fourth-order valence-electron chi connectivity index (χ4n) is 1.96. The van der Waals surface area contributed by atoms with E-state index < -0.39 is 0 Å². The van der Waals surface area contributed by atoms with Crippen molar-refractivity contribution in [1.29, 1.82) is 0 Å². The van der Waals surface area contributed by atoms with Crippen molar-refractivity contribution >= 4 is 21.4 Å². The van der Waals surface area contributed by atoms with Gasteiger partial charge in [-0.1, -0.05) is 32.0 Å². The molecule has 1 aromatic carbocycles. The van der Waals surface area contributed by atoms with E-state index in [1.165, 1.54) is 15.6 Å². The lowest BCUT2D eigenvalue weighted by Crippen LogP contribution is -2.43. The average molecular weight is 263 g/mol. The predicted octanol–water partition coefficient (Wildman–Crippen LogP) is 3.94. The Labute approximate surface area is 113 Å². The van der Waals surface area contributed by atoms with Crippen LogP contribution in [0.3, 0.4) is 0 Å². The number of fused-ring (bicyclic) bond motifs is 1. The second-order valence-electron chi connectivity index (χ2n) is 4.82. The van der Waals surface area contributed by atoms with Gasteiger partial charge in [-0.2, -0.15) is 0 Å². The quantitative estimate of drug-likeness (QED) is 0.857. The molecule has 0 spiro atoms. The topological polar surface area (TPSA) is 35.2 Å². The second kappa shape index (κ2) is 5.83. The van der Waals surface area contributed by atoms with Crippen LogP contribution in [-0.4, -0.2) is 12.1 Å². The van der Waals surface area contributed by atoms with Gasteiger partial charge in [0.25, 0.3) is 0 Å². The third-order valence-corrected chi connectivity index (χ3v) is 4.63. The first-order valence-corrected chi connectivity index (χ1v) is 7.38. The smallest absolute Gasteiger partial charge is 0.0731 e. The highest BCUT2D eigenvalue weighted by Gasteiger charge is 2.20. The van der Waals surface area contributed by atoms with Gasteiger partial charge in [-0.3, -0.25) is 0 Å². The van der Waals surface area contributed by atoms with E-state index in [1.54, 1.807) is 11.3 Å². The molecule has 0 aliphatic rings. The van der Waals surface area contributed by atoms with E-state index in [0.29, 0.717) is 13.2 Å². The van der Waals surface area contributed by atoms with Crippen molar-refractivity contribution in [3.05, 3.63) is 35.2 Å². The van der Waals surface area contributed by atoms with Crippen LogP contribution >= 0.6 is 11.3 Å². The van der Waals surface area contributed by atoms with Crippen LogP contribution in [0.2, 0.25) is 0 Å². The molecule has 0 aliphatic heterocycles. The Bertz CT molecular complexity index is 502. The first kappa shape index (κ1) is 13.5. The Hall–Kier alpha value is -0.900. The first-order chi connectivity index (χ1) is 8.68.